The van der Waals surface area contributed by atoms with E-state index in [0.717, 1.165) is 46.8 Å². The average molecular weight is 461 g/mol. The van der Waals surface area contributed by atoms with Crippen LogP contribution in [0.4, 0.5) is 0 Å². The summed E-state index contributed by atoms with van der Waals surface area (Å²) >= 11 is 1.64. The molecule has 168 valence electrons. The molecule has 4 nitrogen and oxygen atoms in total. The molecule has 31 heavy (non-hydrogen) atoms. The smallest absolute Gasteiger partial charge is 0.152 e. The first-order valence-electron chi connectivity index (χ1n) is 10.9. The van der Waals surface area contributed by atoms with Gasteiger partial charge < -0.3 is 4.74 Å². The Morgan fingerprint density at radius 3 is 2.35 bits per heavy atom. The van der Waals surface area contributed by atoms with E-state index in [1.165, 1.54) is 0 Å². The fourth-order valence-electron chi connectivity index (χ4n) is 4.02. The lowest BCUT2D eigenvalue weighted by molar-refractivity contribution is -0.123. The van der Waals surface area contributed by atoms with Crippen molar-refractivity contribution in [1.82, 2.24) is 0 Å². The highest BCUT2D eigenvalue weighted by atomic mass is 32.2. The molecular formula is C25H32O4S2. The molecule has 0 aliphatic heterocycles. The van der Waals surface area contributed by atoms with E-state index in [1.54, 1.807) is 32.7 Å². The highest BCUT2D eigenvalue weighted by Crippen LogP contribution is 2.36. The quantitative estimate of drug-likeness (QED) is 0.488. The standard InChI is InChI=1S/C25H32O4S2/c1-18(2)31(27,28)17-19-9-11-20(12-10-19)24(26)15-21-13-14-22(29-3)16-25(21)30-23-7-5-4-6-8-23/h4-8,13-14,16,18-20H,9-12,15,17H2,1-3H3. The van der Waals surface area contributed by atoms with Crippen LogP contribution in [-0.4, -0.2) is 32.3 Å². The van der Waals surface area contributed by atoms with E-state index < -0.39 is 9.84 Å². The summed E-state index contributed by atoms with van der Waals surface area (Å²) in [4.78, 5) is 15.2. The van der Waals surface area contributed by atoms with E-state index >= 15 is 0 Å². The van der Waals surface area contributed by atoms with Crippen LogP contribution in [-0.2, 0) is 21.1 Å². The molecule has 6 heteroatoms. The molecule has 1 saturated carbocycles. The molecule has 2 aromatic carbocycles. The van der Waals surface area contributed by atoms with E-state index in [9.17, 15) is 13.2 Å². The van der Waals surface area contributed by atoms with Crippen LogP contribution >= 0.6 is 11.8 Å². The van der Waals surface area contributed by atoms with Crippen LogP contribution in [0.1, 0.15) is 45.1 Å². The molecule has 0 amide bonds. The number of sulfone groups is 1. The Hall–Kier alpha value is -1.79. The summed E-state index contributed by atoms with van der Waals surface area (Å²) in [6.07, 6.45) is 3.61. The third-order valence-corrected chi connectivity index (χ3v) is 9.58. The Balaban J connectivity index is 1.64. The van der Waals surface area contributed by atoms with Gasteiger partial charge in [0.15, 0.2) is 9.84 Å². The van der Waals surface area contributed by atoms with Crippen molar-refractivity contribution in [2.24, 2.45) is 11.8 Å². The van der Waals surface area contributed by atoms with E-state index in [4.69, 9.17) is 4.74 Å². The summed E-state index contributed by atoms with van der Waals surface area (Å²) in [5, 5.41) is -0.331. The van der Waals surface area contributed by atoms with Crippen molar-refractivity contribution in [1.29, 1.82) is 0 Å². The van der Waals surface area contributed by atoms with Crippen molar-refractivity contribution < 1.29 is 17.9 Å². The SMILES string of the molecule is COc1ccc(CC(=O)C2CCC(CS(=O)(=O)C(C)C)CC2)c(Sc2ccccc2)c1. The maximum atomic E-state index is 13.1. The zero-order valence-corrected chi connectivity index (χ0v) is 20.2. The topological polar surface area (TPSA) is 60.4 Å². The van der Waals surface area contributed by atoms with E-state index in [2.05, 4.69) is 12.1 Å². The van der Waals surface area contributed by atoms with Gasteiger partial charge in [-0.3, -0.25) is 4.79 Å². The number of carbonyl (C=O) groups excluding carboxylic acids is 1. The minimum absolute atomic E-state index is 0.0229. The molecule has 0 aromatic heterocycles. The molecule has 0 atom stereocenters. The van der Waals surface area contributed by atoms with Crippen LogP contribution in [0, 0.1) is 11.8 Å². The van der Waals surface area contributed by atoms with Crippen molar-refractivity contribution in [3.63, 3.8) is 0 Å². The van der Waals surface area contributed by atoms with Crippen LogP contribution in [0.3, 0.4) is 0 Å². The number of hydrogen-bond acceptors (Lipinski definition) is 5. The minimum atomic E-state index is -3.03. The van der Waals surface area contributed by atoms with Crippen molar-refractivity contribution >= 4 is 27.4 Å². The van der Waals surface area contributed by atoms with E-state index in [1.807, 2.05) is 36.4 Å². The molecular weight excluding hydrogens is 428 g/mol. The van der Waals surface area contributed by atoms with Gasteiger partial charge >= 0.3 is 0 Å². The lowest BCUT2D eigenvalue weighted by Gasteiger charge is -2.28. The summed E-state index contributed by atoms with van der Waals surface area (Å²) in [6.45, 7) is 3.48. The first-order chi connectivity index (χ1) is 14.8. The Morgan fingerprint density at radius 2 is 1.74 bits per heavy atom. The molecule has 2 aromatic rings. The second kappa shape index (κ2) is 10.7. The largest absolute Gasteiger partial charge is 0.497 e. The summed E-state index contributed by atoms with van der Waals surface area (Å²) in [6, 6.07) is 16.0. The van der Waals surface area contributed by atoms with Gasteiger partial charge in [0.2, 0.25) is 0 Å². The number of methoxy groups -OCH3 is 1. The fraction of sp³-hybridized carbons (Fsp3) is 0.480. The van der Waals surface area contributed by atoms with Crippen LogP contribution in [0.5, 0.6) is 5.75 Å². The molecule has 0 bridgehead atoms. The van der Waals surface area contributed by atoms with Crippen LogP contribution < -0.4 is 4.74 Å². The molecule has 3 rings (SSSR count). The van der Waals surface area contributed by atoms with Gasteiger partial charge in [0.1, 0.15) is 11.5 Å². The third-order valence-electron chi connectivity index (χ3n) is 6.10. The molecule has 1 aliphatic rings. The maximum absolute atomic E-state index is 13.1. The van der Waals surface area contributed by atoms with Crippen molar-refractivity contribution in [2.75, 3.05) is 12.9 Å². The summed E-state index contributed by atoms with van der Waals surface area (Å²) in [7, 11) is -1.38. The van der Waals surface area contributed by atoms with Crippen molar-refractivity contribution in [3.8, 4) is 5.75 Å². The molecule has 1 fully saturated rings. The Morgan fingerprint density at radius 1 is 1.06 bits per heavy atom. The molecule has 0 spiro atoms. The second-order valence-electron chi connectivity index (χ2n) is 8.63. The summed E-state index contributed by atoms with van der Waals surface area (Å²) in [5.74, 6) is 1.49. The molecule has 0 saturated heterocycles. The third kappa shape index (κ3) is 6.59. The van der Waals surface area contributed by atoms with Gasteiger partial charge in [0.05, 0.1) is 18.1 Å². The number of Topliss-reactive ketones (excluding diaryl/α,β-unsaturated/α-hetero) is 1. The van der Waals surface area contributed by atoms with Gasteiger partial charge in [-0.05, 0) is 75.3 Å². The van der Waals surface area contributed by atoms with Gasteiger partial charge in [-0.2, -0.15) is 0 Å². The summed E-state index contributed by atoms with van der Waals surface area (Å²) < 4.78 is 29.8. The van der Waals surface area contributed by atoms with Crippen LogP contribution in [0.25, 0.3) is 0 Å². The predicted octanol–water partition coefficient (Wildman–Crippen LogP) is 5.59. The van der Waals surface area contributed by atoms with Crippen molar-refractivity contribution in [2.45, 2.75) is 61.0 Å². The Labute approximate surface area is 190 Å². The van der Waals surface area contributed by atoms with Gasteiger partial charge in [0, 0.05) is 22.1 Å². The number of carbonyl (C=O) groups is 1. The molecule has 0 radical (unpaired) electrons. The Kier molecular flexibility index (Phi) is 8.23. The zero-order valence-electron chi connectivity index (χ0n) is 18.5. The second-order valence-corrected chi connectivity index (χ2v) is 12.3. The van der Waals surface area contributed by atoms with E-state index in [-0.39, 0.29) is 28.6 Å². The lowest BCUT2D eigenvalue weighted by Crippen LogP contribution is -2.29. The fourth-order valence-corrected chi connectivity index (χ4v) is 6.39. The number of benzene rings is 2. The molecule has 0 unspecified atom stereocenters. The van der Waals surface area contributed by atoms with E-state index in [0.29, 0.717) is 6.42 Å². The van der Waals surface area contributed by atoms with Gasteiger partial charge in [-0.1, -0.05) is 36.0 Å². The lowest BCUT2D eigenvalue weighted by atomic mass is 9.79. The number of rotatable bonds is 9. The number of ketones is 1. The highest BCUT2D eigenvalue weighted by Gasteiger charge is 2.30. The maximum Gasteiger partial charge on any atom is 0.152 e. The molecule has 0 N–H and O–H groups in total. The zero-order chi connectivity index (χ0) is 22.4. The highest BCUT2D eigenvalue weighted by molar-refractivity contribution is 7.99. The first-order valence-corrected chi connectivity index (χ1v) is 13.5. The number of ether oxygens (including phenoxy) is 1. The molecule has 1 aliphatic carbocycles. The monoisotopic (exact) mass is 460 g/mol. The summed E-state index contributed by atoms with van der Waals surface area (Å²) in [5.41, 5.74) is 1.02. The predicted molar refractivity (Wildman–Crippen MR) is 127 cm³/mol. The van der Waals surface area contributed by atoms with Crippen molar-refractivity contribution in [3.05, 3.63) is 54.1 Å². The first kappa shape index (κ1) is 23.9. The van der Waals surface area contributed by atoms with Crippen LogP contribution in [0.2, 0.25) is 0 Å². The van der Waals surface area contributed by atoms with Gasteiger partial charge in [0.25, 0.3) is 0 Å². The van der Waals surface area contributed by atoms with Gasteiger partial charge in [-0.15, -0.1) is 0 Å². The van der Waals surface area contributed by atoms with Gasteiger partial charge in [-0.25, -0.2) is 8.42 Å². The van der Waals surface area contributed by atoms with Crippen LogP contribution in [0.15, 0.2) is 58.3 Å². The number of hydrogen-bond donors (Lipinski definition) is 0. The molecule has 0 heterocycles. The average Bonchev–Trinajstić information content (AvgIpc) is 2.75. The Bertz CT molecular complexity index is 976. The normalized spacial score (nSPS) is 19.4. The minimum Gasteiger partial charge on any atom is -0.497 e.